The van der Waals surface area contributed by atoms with Gasteiger partial charge in [0.15, 0.2) is 0 Å². The number of anilines is 1. The fourth-order valence-corrected chi connectivity index (χ4v) is 1.83. The number of nitrogen functional groups attached to an aromatic ring is 1. The van der Waals surface area contributed by atoms with Gasteiger partial charge in [0.05, 0.1) is 10.7 Å². The molecule has 94 valence electrons. The van der Waals surface area contributed by atoms with E-state index in [-0.39, 0.29) is 6.61 Å². The van der Waals surface area contributed by atoms with E-state index in [1.54, 1.807) is 24.3 Å². The SMILES string of the molecule is Nc1ccc(Cl)cc1OCc1c(F)cccc1Cl. The standard InChI is InChI=1S/C13H10Cl2FNO/c14-8-4-5-12(17)13(6-8)18-7-9-10(15)2-1-3-11(9)16/h1-6H,7,17H2. The van der Waals surface area contributed by atoms with Crippen molar-refractivity contribution in [3.8, 4) is 5.75 Å². The second kappa shape index (κ2) is 5.46. The molecule has 0 aliphatic heterocycles. The van der Waals surface area contributed by atoms with Crippen LogP contribution < -0.4 is 10.5 Å². The summed E-state index contributed by atoms with van der Waals surface area (Å²) < 4.78 is 18.9. The first kappa shape index (κ1) is 13.0. The molecule has 0 aliphatic carbocycles. The van der Waals surface area contributed by atoms with Crippen molar-refractivity contribution in [2.75, 3.05) is 5.73 Å². The Bertz CT molecular complexity index is 555. The summed E-state index contributed by atoms with van der Waals surface area (Å²) in [4.78, 5) is 0. The first-order valence-electron chi connectivity index (χ1n) is 5.18. The van der Waals surface area contributed by atoms with Gasteiger partial charge < -0.3 is 10.5 Å². The highest BCUT2D eigenvalue weighted by atomic mass is 35.5. The highest BCUT2D eigenvalue weighted by molar-refractivity contribution is 6.31. The Hall–Kier alpha value is -1.45. The van der Waals surface area contributed by atoms with Gasteiger partial charge in [-0.3, -0.25) is 0 Å². The van der Waals surface area contributed by atoms with Crippen LogP contribution >= 0.6 is 23.2 Å². The van der Waals surface area contributed by atoms with E-state index in [9.17, 15) is 4.39 Å². The largest absolute Gasteiger partial charge is 0.487 e. The van der Waals surface area contributed by atoms with Crippen molar-refractivity contribution < 1.29 is 9.13 Å². The number of rotatable bonds is 3. The summed E-state index contributed by atoms with van der Waals surface area (Å²) in [6.07, 6.45) is 0. The van der Waals surface area contributed by atoms with Gasteiger partial charge in [-0.25, -0.2) is 4.39 Å². The molecular weight excluding hydrogens is 276 g/mol. The zero-order valence-corrected chi connectivity index (χ0v) is 10.8. The number of hydrogen-bond acceptors (Lipinski definition) is 2. The molecule has 0 radical (unpaired) electrons. The number of benzene rings is 2. The highest BCUT2D eigenvalue weighted by Gasteiger charge is 2.09. The molecule has 0 amide bonds. The van der Waals surface area contributed by atoms with Crippen molar-refractivity contribution in [3.63, 3.8) is 0 Å². The summed E-state index contributed by atoms with van der Waals surface area (Å²) >= 11 is 11.7. The topological polar surface area (TPSA) is 35.2 Å². The molecule has 0 unspecified atom stereocenters. The Labute approximate surface area is 114 Å². The number of nitrogens with two attached hydrogens (primary N) is 1. The van der Waals surface area contributed by atoms with Gasteiger partial charge >= 0.3 is 0 Å². The lowest BCUT2D eigenvalue weighted by Gasteiger charge is -2.10. The average molecular weight is 286 g/mol. The third-order valence-corrected chi connectivity index (χ3v) is 3.00. The minimum atomic E-state index is -0.414. The highest BCUT2D eigenvalue weighted by Crippen LogP contribution is 2.27. The van der Waals surface area contributed by atoms with Crippen molar-refractivity contribution in [3.05, 3.63) is 57.8 Å². The van der Waals surface area contributed by atoms with E-state index in [1.165, 1.54) is 12.1 Å². The summed E-state index contributed by atoms with van der Waals surface area (Å²) in [5.41, 5.74) is 6.45. The maximum Gasteiger partial charge on any atom is 0.144 e. The zero-order chi connectivity index (χ0) is 13.1. The molecule has 0 aliphatic rings. The van der Waals surface area contributed by atoms with E-state index in [0.29, 0.717) is 27.0 Å². The summed E-state index contributed by atoms with van der Waals surface area (Å²) in [5.74, 6) is -0.00933. The fraction of sp³-hybridized carbons (Fsp3) is 0.0769. The molecule has 0 saturated carbocycles. The van der Waals surface area contributed by atoms with Crippen LogP contribution in [0.4, 0.5) is 10.1 Å². The van der Waals surface area contributed by atoms with Crippen LogP contribution in [0.2, 0.25) is 10.0 Å². The summed E-state index contributed by atoms with van der Waals surface area (Å²) in [6.45, 7) is -0.00392. The number of halogens is 3. The normalized spacial score (nSPS) is 10.4. The van der Waals surface area contributed by atoms with Crippen LogP contribution in [0.1, 0.15) is 5.56 Å². The summed E-state index contributed by atoms with van der Waals surface area (Å²) in [5, 5.41) is 0.814. The van der Waals surface area contributed by atoms with Gasteiger partial charge in [0.1, 0.15) is 18.2 Å². The van der Waals surface area contributed by atoms with Crippen molar-refractivity contribution in [2.45, 2.75) is 6.61 Å². The van der Waals surface area contributed by atoms with E-state index >= 15 is 0 Å². The minimum absolute atomic E-state index is 0.00392. The van der Waals surface area contributed by atoms with Crippen molar-refractivity contribution >= 4 is 28.9 Å². The third kappa shape index (κ3) is 2.86. The molecule has 18 heavy (non-hydrogen) atoms. The van der Waals surface area contributed by atoms with Gasteiger partial charge in [0, 0.05) is 16.7 Å². The summed E-state index contributed by atoms with van der Waals surface area (Å²) in [6, 6.07) is 9.32. The Morgan fingerprint density at radius 3 is 2.67 bits per heavy atom. The molecule has 0 aromatic heterocycles. The van der Waals surface area contributed by atoms with Crippen molar-refractivity contribution in [1.29, 1.82) is 0 Å². The molecule has 2 nitrogen and oxygen atoms in total. The van der Waals surface area contributed by atoms with Crippen molar-refractivity contribution in [1.82, 2.24) is 0 Å². The molecule has 0 bridgehead atoms. The molecule has 0 spiro atoms. The Balaban J connectivity index is 2.19. The molecule has 0 fully saturated rings. The van der Waals surface area contributed by atoms with E-state index in [4.69, 9.17) is 33.7 Å². The van der Waals surface area contributed by atoms with E-state index in [1.807, 2.05) is 0 Å². The van der Waals surface area contributed by atoms with Crippen LogP contribution in [-0.2, 0) is 6.61 Å². The summed E-state index contributed by atoms with van der Waals surface area (Å²) in [7, 11) is 0. The predicted molar refractivity (Wildman–Crippen MR) is 71.6 cm³/mol. The first-order valence-corrected chi connectivity index (χ1v) is 5.94. The fourth-order valence-electron chi connectivity index (χ4n) is 1.45. The third-order valence-electron chi connectivity index (χ3n) is 2.41. The second-order valence-corrected chi connectivity index (χ2v) is 4.51. The molecule has 0 saturated heterocycles. The molecular formula is C13H10Cl2FNO. The van der Waals surface area contributed by atoms with Gasteiger partial charge in [0.25, 0.3) is 0 Å². The molecule has 2 aromatic carbocycles. The Morgan fingerprint density at radius 2 is 1.94 bits per heavy atom. The van der Waals surface area contributed by atoms with Crippen LogP contribution in [-0.4, -0.2) is 0 Å². The maximum atomic E-state index is 13.5. The lowest BCUT2D eigenvalue weighted by Crippen LogP contribution is -2.01. The van der Waals surface area contributed by atoms with Gasteiger partial charge in [-0.05, 0) is 24.3 Å². The van der Waals surface area contributed by atoms with Gasteiger partial charge in [-0.15, -0.1) is 0 Å². The average Bonchev–Trinajstić information content (AvgIpc) is 2.33. The molecule has 0 heterocycles. The Morgan fingerprint density at radius 1 is 1.17 bits per heavy atom. The monoisotopic (exact) mass is 285 g/mol. The predicted octanol–water partition coefficient (Wildman–Crippen LogP) is 4.29. The lowest BCUT2D eigenvalue weighted by atomic mass is 10.2. The second-order valence-electron chi connectivity index (χ2n) is 3.67. The number of hydrogen-bond donors (Lipinski definition) is 1. The van der Waals surface area contributed by atoms with Gasteiger partial charge in [-0.1, -0.05) is 29.3 Å². The molecule has 5 heteroatoms. The van der Waals surface area contributed by atoms with E-state index < -0.39 is 5.82 Å². The van der Waals surface area contributed by atoms with Crippen LogP contribution in [0.5, 0.6) is 5.75 Å². The van der Waals surface area contributed by atoms with Crippen molar-refractivity contribution in [2.24, 2.45) is 0 Å². The molecule has 2 N–H and O–H groups in total. The van der Waals surface area contributed by atoms with Gasteiger partial charge in [0.2, 0.25) is 0 Å². The van der Waals surface area contributed by atoms with Crippen LogP contribution in [0.15, 0.2) is 36.4 Å². The lowest BCUT2D eigenvalue weighted by molar-refractivity contribution is 0.301. The first-order chi connectivity index (χ1) is 8.58. The number of ether oxygens (including phenoxy) is 1. The molecule has 2 aromatic rings. The van der Waals surface area contributed by atoms with Crippen LogP contribution in [0, 0.1) is 5.82 Å². The molecule has 0 atom stereocenters. The van der Waals surface area contributed by atoms with Gasteiger partial charge in [-0.2, -0.15) is 0 Å². The quantitative estimate of drug-likeness (QED) is 0.854. The smallest absolute Gasteiger partial charge is 0.144 e. The van der Waals surface area contributed by atoms with Crippen LogP contribution in [0.25, 0.3) is 0 Å². The van der Waals surface area contributed by atoms with E-state index in [0.717, 1.165) is 0 Å². The zero-order valence-electron chi connectivity index (χ0n) is 9.29. The Kier molecular flexibility index (Phi) is 3.94. The molecule has 2 rings (SSSR count). The minimum Gasteiger partial charge on any atom is -0.487 e. The maximum absolute atomic E-state index is 13.5. The van der Waals surface area contributed by atoms with E-state index in [2.05, 4.69) is 0 Å². The van der Waals surface area contributed by atoms with Crippen LogP contribution in [0.3, 0.4) is 0 Å².